The van der Waals surface area contributed by atoms with Gasteiger partial charge in [-0.2, -0.15) is 0 Å². The summed E-state index contributed by atoms with van der Waals surface area (Å²) in [5, 5.41) is 11.0. The lowest BCUT2D eigenvalue weighted by molar-refractivity contribution is 0.0343. The van der Waals surface area contributed by atoms with E-state index in [-0.39, 0.29) is 10.8 Å². The van der Waals surface area contributed by atoms with Crippen LogP contribution in [0.25, 0.3) is 0 Å². The third kappa shape index (κ3) is 11.5. The van der Waals surface area contributed by atoms with Crippen molar-refractivity contribution in [2.75, 3.05) is 12.4 Å². The maximum absolute atomic E-state index is 12.4. The molecule has 0 saturated heterocycles. The SMILES string of the molecule is C[C@H](CCC[C@@](C)(O)CCC[C@@H](C)CO[Si](C)(C)C(C)(C)C)CCS(=O)(=O)c1ccccc1. The zero-order valence-electron chi connectivity index (χ0n) is 22.5. The fraction of sp³-hybridized carbons (Fsp3) is 0.778. The minimum Gasteiger partial charge on any atom is -0.417 e. The van der Waals surface area contributed by atoms with E-state index in [9.17, 15) is 13.5 Å². The predicted molar refractivity (Wildman–Crippen MR) is 143 cm³/mol. The van der Waals surface area contributed by atoms with Gasteiger partial charge in [0.05, 0.1) is 16.2 Å². The van der Waals surface area contributed by atoms with Gasteiger partial charge in [0, 0.05) is 6.61 Å². The van der Waals surface area contributed by atoms with Crippen LogP contribution in [0.15, 0.2) is 35.2 Å². The molecular weight excluding hydrogens is 448 g/mol. The first-order chi connectivity index (χ1) is 15.1. The van der Waals surface area contributed by atoms with Crippen LogP contribution in [0, 0.1) is 11.8 Å². The Morgan fingerprint density at radius 1 is 0.909 bits per heavy atom. The number of hydrogen-bond acceptors (Lipinski definition) is 4. The fourth-order valence-electron chi connectivity index (χ4n) is 3.68. The summed E-state index contributed by atoms with van der Waals surface area (Å²) in [5.41, 5.74) is -0.657. The molecule has 0 saturated carbocycles. The Balaban J connectivity index is 2.28. The van der Waals surface area contributed by atoms with Crippen LogP contribution in [0.4, 0.5) is 0 Å². The van der Waals surface area contributed by atoms with E-state index in [1.165, 1.54) is 0 Å². The van der Waals surface area contributed by atoms with Crippen LogP contribution in [0.2, 0.25) is 18.1 Å². The summed E-state index contributed by atoms with van der Waals surface area (Å²) in [5.74, 6) is 1.01. The molecular formula is C27H50O4SSi. The van der Waals surface area contributed by atoms with Gasteiger partial charge in [-0.05, 0) is 74.7 Å². The highest BCUT2D eigenvalue weighted by atomic mass is 32.2. The lowest BCUT2D eigenvalue weighted by Gasteiger charge is -2.37. The minimum absolute atomic E-state index is 0.184. The van der Waals surface area contributed by atoms with Gasteiger partial charge in [-0.1, -0.05) is 72.1 Å². The van der Waals surface area contributed by atoms with E-state index in [0.29, 0.717) is 23.2 Å². The van der Waals surface area contributed by atoms with Crippen molar-refractivity contribution in [2.24, 2.45) is 11.8 Å². The molecule has 0 radical (unpaired) electrons. The molecule has 0 aromatic heterocycles. The average molecular weight is 499 g/mol. The predicted octanol–water partition coefficient (Wildman–Crippen LogP) is 7.24. The highest BCUT2D eigenvalue weighted by Crippen LogP contribution is 2.37. The van der Waals surface area contributed by atoms with Crippen LogP contribution in [0.1, 0.15) is 86.5 Å². The van der Waals surface area contributed by atoms with Crippen molar-refractivity contribution in [3.05, 3.63) is 30.3 Å². The molecule has 3 atom stereocenters. The first-order valence-electron chi connectivity index (χ1n) is 12.7. The molecule has 192 valence electrons. The number of rotatable bonds is 15. The second-order valence-electron chi connectivity index (χ2n) is 12.0. The Labute approximate surface area is 205 Å². The van der Waals surface area contributed by atoms with E-state index < -0.39 is 23.8 Å². The zero-order chi connectivity index (χ0) is 25.3. The fourth-order valence-corrected chi connectivity index (χ4v) is 6.34. The second-order valence-corrected chi connectivity index (χ2v) is 18.9. The molecule has 0 fully saturated rings. The quantitative estimate of drug-likeness (QED) is 0.259. The van der Waals surface area contributed by atoms with Crippen LogP contribution in [-0.4, -0.2) is 39.8 Å². The average Bonchev–Trinajstić information content (AvgIpc) is 2.70. The van der Waals surface area contributed by atoms with E-state index in [4.69, 9.17) is 4.43 Å². The summed E-state index contributed by atoms with van der Waals surface area (Å²) < 4.78 is 31.2. The highest BCUT2D eigenvalue weighted by molar-refractivity contribution is 7.91. The van der Waals surface area contributed by atoms with E-state index in [1.807, 2.05) is 13.0 Å². The van der Waals surface area contributed by atoms with Gasteiger partial charge in [0.15, 0.2) is 18.2 Å². The molecule has 0 amide bonds. The molecule has 1 N–H and O–H groups in total. The van der Waals surface area contributed by atoms with E-state index in [0.717, 1.165) is 45.1 Å². The van der Waals surface area contributed by atoms with Crippen molar-refractivity contribution in [3.8, 4) is 0 Å². The molecule has 0 heterocycles. The maximum atomic E-state index is 12.4. The Morgan fingerprint density at radius 2 is 1.42 bits per heavy atom. The monoisotopic (exact) mass is 498 g/mol. The van der Waals surface area contributed by atoms with E-state index >= 15 is 0 Å². The summed E-state index contributed by atoms with van der Waals surface area (Å²) in [6, 6.07) is 8.69. The Morgan fingerprint density at radius 3 is 1.94 bits per heavy atom. The summed E-state index contributed by atoms with van der Waals surface area (Å²) in [6.45, 7) is 18.5. The van der Waals surface area contributed by atoms with Gasteiger partial charge in [0.2, 0.25) is 0 Å². The first-order valence-corrected chi connectivity index (χ1v) is 17.3. The molecule has 1 aromatic rings. The summed E-state index contributed by atoms with van der Waals surface area (Å²) in [7, 11) is -4.91. The molecule has 1 rings (SSSR count). The van der Waals surface area contributed by atoms with Crippen LogP contribution in [0.3, 0.4) is 0 Å². The third-order valence-corrected chi connectivity index (χ3v) is 13.6. The summed E-state index contributed by atoms with van der Waals surface area (Å²) >= 11 is 0. The largest absolute Gasteiger partial charge is 0.417 e. The Bertz CT molecular complexity index is 782. The lowest BCUT2D eigenvalue weighted by atomic mass is 9.89. The van der Waals surface area contributed by atoms with Crippen LogP contribution < -0.4 is 0 Å². The van der Waals surface area contributed by atoms with Crippen LogP contribution in [-0.2, 0) is 14.3 Å². The van der Waals surface area contributed by atoms with E-state index in [2.05, 4.69) is 47.7 Å². The Hall–Kier alpha value is -0.693. The summed E-state index contributed by atoms with van der Waals surface area (Å²) in [4.78, 5) is 0.407. The smallest absolute Gasteiger partial charge is 0.191 e. The Kier molecular flexibility index (Phi) is 11.8. The zero-order valence-corrected chi connectivity index (χ0v) is 24.3. The van der Waals surface area contributed by atoms with Crippen molar-refractivity contribution < 1.29 is 18.0 Å². The topological polar surface area (TPSA) is 63.6 Å². The molecule has 0 unspecified atom stereocenters. The van der Waals surface area contributed by atoms with Gasteiger partial charge in [0.25, 0.3) is 0 Å². The number of benzene rings is 1. The number of hydrogen-bond donors (Lipinski definition) is 1. The third-order valence-electron chi connectivity index (χ3n) is 7.34. The second kappa shape index (κ2) is 12.8. The number of sulfone groups is 1. The molecule has 0 bridgehead atoms. The van der Waals surface area contributed by atoms with Crippen molar-refractivity contribution in [1.82, 2.24) is 0 Å². The molecule has 0 spiro atoms. The molecule has 33 heavy (non-hydrogen) atoms. The molecule has 0 aliphatic carbocycles. The normalized spacial score (nSPS) is 16.9. The molecule has 0 aliphatic heterocycles. The molecule has 6 heteroatoms. The van der Waals surface area contributed by atoms with Gasteiger partial charge in [-0.25, -0.2) is 8.42 Å². The van der Waals surface area contributed by atoms with Crippen molar-refractivity contribution in [1.29, 1.82) is 0 Å². The molecule has 1 aromatic carbocycles. The lowest BCUT2D eigenvalue weighted by Crippen LogP contribution is -2.41. The molecule has 4 nitrogen and oxygen atoms in total. The summed E-state index contributed by atoms with van der Waals surface area (Å²) in [6.07, 6.45) is 6.15. The minimum atomic E-state index is -3.21. The molecule has 0 aliphatic rings. The standard InChI is InChI=1S/C27H50O4SSi/c1-23(18-21-32(29,30)25-16-10-9-11-17-25)14-12-19-27(6,28)20-13-15-24(2)22-31-33(7,8)26(3,4)5/h9-11,16-17,23-24,28H,12-15,18-22H2,1-8H3/t23-,24-,27-/m1/s1. The van der Waals surface area contributed by atoms with Crippen LogP contribution in [0.5, 0.6) is 0 Å². The van der Waals surface area contributed by atoms with Crippen LogP contribution >= 0.6 is 0 Å². The van der Waals surface area contributed by atoms with Gasteiger partial charge in [-0.15, -0.1) is 0 Å². The van der Waals surface area contributed by atoms with Crippen molar-refractivity contribution in [2.45, 2.75) is 115 Å². The first kappa shape index (κ1) is 30.3. The van der Waals surface area contributed by atoms with Crippen molar-refractivity contribution in [3.63, 3.8) is 0 Å². The van der Waals surface area contributed by atoms with Gasteiger partial charge < -0.3 is 9.53 Å². The highest BCUT2D eigenvalue weighted by Gasteiger charge is 2.37. The van der Waals surface area contributed by atoms with Gasteiger partial charge in [-0.3, -0.25) is 0 Å². The number of aliphatic hydroxyl groups is 1. The van der Waals surface area contributed by atoms with Crippen molar-refractivity contribution >= 4 is 18.2 Å². The van der Waals surface area contributed by atoms with E-state index in [1.54, 1.807) is 24.3 Å². The maximum Gasteiger partial charge on any atom is 0.191 e. The van der Waals surface area contributed by atoms with Gasteiger partial charge >= 0.3 is 0 Å². The van der Waals surface area contributed by atoms with Gasteiger partial charge in [0.1, 0.15) is 0 Å².